The third-order valence-electron chi connectivity index (χ3n) is 6.91. The number of morpholine rings is 1. The number of H-pyrrole nitrogens is 1. The molecule has 4 aromatic rings. The number of anilines is 1. The molecule has 0 atom stereocenters. The van der Waals surface area contributed by atoms with Gasteiger partial charge in [0.15, 0.2) is 0 Å². The molecule has 39 heavy (non-hydrogen) atoms. The van der Waals surface area contributed by atoms with Crippen molar-refractivity contribution in [2.75, 3.05) is 44.4 Å². The monoisotopic (exact) mass is 523 g/mol. The molecule has 2 amide bonds. The van der Waals surface area contributed by atoms with Gasteiger partial charge in [-0.3, -0.25) is 19.6 Å². The number of aromatic amines is 1. The molecule has 0 unspecified atom stereocenters. The third kappa shape index (κ3) is 4.83. The van der Waals surface area contributed by atoms with E-state index in [0.717, 1.165) is 29.1 Å². The van der Waals surface area contributed by atoms with Crippen molar-refractivity contribution in [3.8, 4) is 22.4 Å². The zero-order valence-corrected chi connectivity index (χ0v) is 21.0. The number of rotatable bonds is 7. The van der Waals surface area contributed by atoms with Crippen LogP contribution < -0.4 is 4.90 Å². The number of esters is 1. The Balaban J connectivity index is 1.32. The number of hydrogen-bond acceptors (Lipinski definition) is 8. The predicted octanol–water partition coefficient (Wildman–Crippen LogP) is 3.43. The lowest BCUT2D eigenvalue weighted by molar-refractivity contribution is 0.0196. The van der Waals surface area contributed by atoms with Gasteiger partial charge in [-0.05, 0) is 35.4 Å². The van der Waals surface area contributed by atoms with Gasteiger partial charge in [0.1, 0.15) is 12.3 Å². The molecule has 2 aliphatic rings. The van der Waals surface area contributed by atoms with Crippen molar-refractivity contribution in [3.63, 3.8) is 0 Å². The average molecular weight is 524 g/mol. The largest absolute Gasteiger partial charge is 0.461 e. The minimum Gasteiger partial charge on any atom is -0.461 e. The van der Waals surface area contributed by atoms with Gasteiger partial charge < -0.3 is 9.47 Å². The smallest absolute Gasteiger partial charge is 0.340 e. The standard InChI is InChI=1S/C29H25N5O5/c35-27-22-8-6-21(25-18-30-32-31-25)17-23(22)28(36)34(27)26-9-7-20(19-4-2-1-3-5-19)16-24(26)29(37)39-15-12-33-10-13-38-14-11-33/h1-9,16-18H,10-15H2,(H,30,31,32). The van der Waals surface area contributed by atoms with Gasteiger partial charge in [0.2, 0.25) is 0 Å². The van der Waals surface area contributed by atoms with E-state index in [4.69, 9.17) is 9.47 Å². The maximum atomic E-state index is 13.6. The number of nitrogens with one attached hydrogen (secondary N) is 1. The Morgan fingerprint density at radius 2 is 1.67 bits per heavy atom. The average Bonchev–Trinajstić information content (AvgIpc) is 3.61. The molecule has 0 bridgehead atoms. The predicted molar refractivity (Wildman–Crippen MR) is 142 cm³/mol. The number of benzene rings is 3. The number of nitrogens with zero attached hydrogens (tertiary/aromatic N) is 4. The summed E-state index contributed by atoms with van der Waals surface area (Å²) < 4.78 is 11.0. The molecule has 1 saturated heterocycles. The number of ether oxygens (including phenoxy) is 2. The fourth-order valence-corrected chi connectivity index (χ4v) is 4.84. The Labute approximate surface area is 224 Å². The van der Waals surface area contributed by atoms with Crippen molar-refractivity contribution >= 4 is 23.5 Å². The lowest BCUT2D eigenvalue weighted by Gasteiger charge is -2.26. The summed E-state index contributed by atoms with van der Waals surface area (Å²) in [5, 5.41) is 10.3. The van der Waals surface area contributed by atoms with Crippen LogP contribution >= 0.6 is 0 Å². The highest BCUT2D eigenvalue weighted by atomic mass is 16.5. The van der Waals surface area contributed by atoms with Crippen molar-refractivity contribution < 1.29 is 23.9 Å². The van der Waals surface area contributed by atoms with Crippen LogP contribution in [0.4, 0.5) is 5.69 Å². The molecule has 0 saturated carbocycles. The van der Waals surface area contributed by atoms with Gasteiger partial charge in [-0.15, -0.1) is 5.10 Å². The zero-order chi connectivity index (χ0) is 26.8. The van der Waals surface area contributed by atoms with Gasteiger partial charge in [-0.25, -0.2) is 9.69 Å². The number of carbonyl (C=O) groups excluding carboxylic acids is 3. The molecule has 1 N–H and O–H groups in total. The molecule has 1 fully saturated rings. The maximum Gasteiger partial charge on any atom is 0.340 e. The van der Waals surface area contributed by atoms with Crippen LogP contribution in [-0.4, -0.2) is 77.5 Å². The van der Waals surface area contributed by atoms with Crippen LogP contribution in [-0.2, 0) is 9.47 Å². The van der Waals surface area contributed by atoms with Crippen LogP contribution in [0.3, 0.4) is 0 Å². The normalized spacial score (nSPS) is 15.4. The molecule has 1 aromatic heterocycles. The minimum atomic E-state index is -0.601. The Hall–Kier alpha value is -4.67. The second-order valence-corrected chi connectivity index (χ2v) is 9.25. The van der Waals surface area contributed by atoms with Crippen LogP contribution in [0.15, 0.2) is 72.9 Å². The van der Waals surface area contributed by atoms with Crippen LogP contribution in [0, 0.1) is 0 Å². The zero-order valence-electron chi connectivity index (χ0n) is 21.0. The van der Waals surface area contributed by atoms with Gasteiger partial charge in [0, 0.05) is 31.4 Å². The second-order valence-electron chi connectivity index (χ2n) is 9.25. The highest BCUT2D eigenvalue weighted by Crippen LogP contribution is 2.35. The van der Waals surface area contributed by atoms with Gasteiger partial charge in [-0.2, -0.15) is 0 Å². The Morgan fingerprint density at radius 1 is 0.897 bits per heavy atom. The van der Waals surface area contributed by atoms with E-state index in [1.165, 1.54) is 0 Å². The highest BCUT2D eigenvalue weighted by Gasteiger charge is 2.39. The summed E-state index contributed by atoms with van der Waals surface area (Å²) in [6.45, 7) is 3.59. The molecule has 3 heterocycles. The first-order valence-corrected chi connectivity index (χ1v) is 12.7. The van der Waals surface area contributed by atoms with Gasteiger partial charge in [0.05, 0.1) is 35.6 Å². The van der Waals surface area contributed by atoms with Gasteiger partial charge in [-0.1, -0.05) is 47.7 Å². The topological polar surface area (TPSA) is 118 Å². The van der Waals surface area contributed by atoms with Crippen molar-refractivity contribution in [1.29, 1.82) is 0 Å². The summed E-state index contributed by atoms with van der Waals surface area (Å²) >= 11 is 0. The third-order valence-corrected chi connectivity index (χ3v) is 6.91. The van der Waals surface area contributed by atoms with E-state index in [1.54, 1.807) is 42.6 Å². The Kier molecular flexibility index (Phi) is 6.70. The molecule has 3 aromatic carbocycles. The summed E-state index contributed by atoms with van der Waals surface area (Å²) in [5.74, 6) is -1.62. The number of hydrogen-bond donors (Lipinski definition) is 1. The van der Waals surface area contributed by atoms with Crippen molar-refractivity contribution in [2.45, 2.75) is 0 Å². The summed E-state index contributed by atoms with van der Waals surface area (Å²) in [6.07, 6.45) is 1.61. The second kappa shape index (κ2) is 10.6. The fourth-order valence-electron chi connectivity index (χ4n) is 4.84. The number of amides is 2. The van der Waals surface area contributed by atoms with Gasteiger partial charge in [0.25, 0.3) is 11.8 Å². The lowest BCUT2D eigenvalue weighted by atomic mass is 10.0. The summed E-state index contributed by atoms with van der Waals surface area (Å²) in [7, 11) is 0. The van der Waals surface area contributed by atoms with Crippen LogP contribution in [0.25, 0.3) is 22.4 Å². The Morgan fingerprint density at radius 3 is 2.44 bits per heavy atom. The molecular weight excluding hydrogens is 498 g/mol. The molecule has 0 radical (unpaired) electrons. The van der Waals surface area contributed by atoms with E-state index >= 15 is 0 Å². The molecular formula is C29H25N5O5. The molecule has 10 nitrogen and oxygen atoms in total. The van der Waals surface area contributed by atoms with E-state index in [-0.39, 0.29) is 29.0 Å². The molecule has 10 heteroatoms. The Bertz CT molecular complexity index is 1530. The fraction of sp³-hybridized carbons (Fsp3) is 0.207. The highest BCUT2D eigenvalue weighted by molar-refractivity contribution is 6.35. The maximum absolute atomic E-state index is 13.6. The summed E-state index contributed by atoms with van der Waals surface area (Å²) in [5.41, 5.74) is 3.67. The first kappa shape index (κ1) is 24.7. The van der Waals surface area contributed by atoms with Crippen LogP contribution in [0.1, 0.15) is 31.1 Å². The number of aromatic nitrogens is 3. The molecule has 196 valence electrons. The van der Waals surface area contributed by atoms with Gasteiger partial charge >= 0.3 is 5.97 Å². The van der Waals surface area contributed by atoms with Crippen LogP contribution in [0.2, 0.25) is 0 Å². The van der Waals surface area contributed by atoms with Crippen molar-refractivity contribution in [2.24, 2.45) is 0 Å². The van der Waals surface area contributed by atoms with E-state index in [2.05, 4.69) is 20.3 Å². The van der Waals surface area contributed by atoms with E-state index in [1.807, 2.05) is 30.3 Å². The summed E-state index contributed by atoms with van der Waals surface area (Å²) in [4.78, 5) is 43.6. The summed E-state index contributed by atoms with van der Waals surface area (Å²) in [6, 6.07) is 19.6. The molecule has 2 aliphatic heterocycles. The minimum absolute atomic E-state index is 0.143. The molecule has 0 spiro atoms. The number of imide groups is 1. The quantitative estimate of drug-likeness (QED) is 0.289. The van der Waals surface area contributed by atoms with E-state index in [0.29, 0.717) is 31.0 Å². The first-order chi connectivity index (χ1) is 19.1. The SMILES string of the molecule is O=C(OCCN1CCOCC1)c1cc(-c2ccccc2)ccc1N1C(=O)c2ccc(-c3c[nH]nn3)cc2C1=O. The number of fused-ring (bicyclic) bond motifs is 1. The molecule has 6 rings (SSSR count). The van der Waals surface area contributed by atoms with E-state index in [9.17, 15) is 14.4 Å². The van der Waals surface area contributed by atoms with E-state index < -0.39 is 17.8 Å². The van der Waals surface area contributed by atoms with Crippen molar-refractivity contribution in [1.82, 2.24) is 20.3 Å². The van der Waals surface area contributed by atoms with Crippen molar-refractivity contribution in [3.05, 3.63) is 89.6 Å². The lowest BCUT2D eigenvalue weighted by Crippen LogP contribution is -2.38. The number of carbonyl (C=O) groups is 3. The first-order valence-electron chi connectivity index (χ1n) is 12.7. The molecule has 0 aliphatic carbocycles. The van der Waals surface area contributed by atoms with Crippen LogP contribution in [0.5, 0.6) is 0 Å².